The fourth-order valence-electron chi connectivity index (χ4n) is 2.33. The molecule has 0 spiro atoms. The van der Waals surface area contributed by atoms with Crippen LogP contribution in [0.2, 0.25) is 0 Å². The third-order valence-corrected chi connectivity index (χ3v) is 3.83. The van der Waals surface area contributed by atoms with Crippen LogP contribution in [0.15, 0.2) is 42.6 Å². The van der Waals surface area contributed by atoms with E-state index in [4.69, 9.17) is 0 Å². The molecular formula is C17H16FN3O2. The molecule has 2 amide bonds. The zero-order valence-electron chi connectivity index (χ0n) is 12.5. The summed E-state index contributed by atoms with van der Waals surface area (Å²) < 4.78 is 13.5. The van der Waals surface area contributed by atoms with Gasteiger partial charge in [0.2, 0.25) is 5.91 Å². The predicted molar refractivity (Wildman–Crippen MR) is 84.5 cm³/mol. The number of nitrogens with one attached hydrogen (secondary N) is 2. The molecule has 118 valence electrons. The van der Waals surface area contributed by atoms with Gasteiger partial charge in [0.1, 0.15) is 11.5 Å². The normalized spacial score (nSPS) is 19.0. The van der Waals surface area contributed by atoms with Crippen LogP contribution in [0.4, 0.5) is 15.8 Å². The van der Waals surface area contributed by atoms with Crippen LogP contribution in [-0.2, 0) is 4.79 Å². The van der Waals surface area contributed by atoms with Crippen molar-refractivity contribution in [2.24, 2.45) is 11.8 Å². The van der Waals surface area contributed by atoms with Crippen molar-refractivity contribution in [1.29, 1.82) is 0 Å². The van der Waals surface area contributed by atoms with Crippen LogP contribution in [0.5, 0.6) is 0 Å². The topological polar surface area (TPSA) is 71.1 Å². The third kappa shape index (κ3) is 3.53. The summed E-state index contributed by atoms with van der Waals surface area (Å²) in [7, 11) is 0. The molecule has 1 aromatic heterocycles. The molecule has 2 aromatic rings. The highest BCUT2D eigenvalue weighted by molar-refractivity contribution is 6.06. The molecule has 1 heterocycles. The zero-order valence-corrected chi connectivity index (χ0v) is 12.5. The van der Waals surface area contributed by atoms with Crippen molar-refractivity contribution in [3.63, 3.8) is 0 Å². The van der Waals surface area contributed by atoms with Gasteiger partial charge in [-0.2, -0.15) is 0 Å². The number of carbonyl (C=O) groups is 2. The number of hydrogen-bond donors (Lipinski definition) is 2. The number of rotatable bonds is 4. The molecule has 0 bridgehead atoms. The molecule has 0 radical (unpaired) electrons. The van der Waals surface area contributed by atoms with Crippen molar-refractivity contribution in [1.82, 2.24) is 4.98 Å². The minimum absolute atomic E-state index is 0.0439. The number of hydrogen-bond acceptors (Lipinski definition) is 3. The third-order valence-electron chi connectivity index (χ3n) is 3.83. The Balaban J connectivity index is 1.78. The summed E-state index contributed by atoms with van der Waals surface area (Å²) in [4.78, 5) is 28.2. The number of anilines is 2. The van der Waals surface area contributed by atoms with Gasteiger partial charge in [0, 0.05) is 12.1 Å². The Morgan fingerprint density at radius 1 is 1.17 bits per heavy atom. The van der Waals surface area contributed by atoms with Crippen LogP contribution >= 0.6 is 0 Å². The Bertz CT molecular complexity index is 749. The maximum absolute atomic E-state index is 13.5. The minimum atomic E-state index is -0.486. The SMILES string of the molecule is C[C@H]1C[C@@H]1C(=O)Nc1cc(F)ccc1NC(=O)c1ccccn1. The van der Waals surface area contributed by atoms with Crippen molar-refractivity contribution in [3.8, 4) is 0 Å². The molecule has 23 heavy (non-hydrogen) atoms. The van der Waals surface area contributed by atoms with Crippen LogP contribution in [0.3, 0.4) is 0 Å². The molecule has 6 heteroatoms. The first-order valence-electron chi connectivity index (χ1n) is 7.37. The Morgan fingerprint density at radius 3 is 2.61 bits per heavy atom. The summed E-state index contributed by atoms with van der Waals surface area (Å²) in [6, 6.07) is 8.81. The van der Waals surface area contributed by atoms with E-state index >= 15 is 0 Å². The number of benzene rings is 1. The van der Waals surface area contributed by atoms with Gasteiger partial charge in [-0.3, -0.25) is 14.6 Å². The lowest BCUT2D eigenvalue weighted by Crippen LogP contribution is -2.18. The molecule has 3 rings (SSSR count). The van der Waals surface area contributed by atoms with E-state index in [2.05, 4.69) is 15.6 Å². The predicted octanol–water partition coefficient (Wildman–Crippen LogP) is 3.07. The molecule has 2 atom stereocenters. The number of carbonyl (C=O) groups excluding carboxylic acids is 2. The van der Waals surface area contributed by atoms with E-state index < -0.39 is 11.7 Å². The lowest BCUT2D eigenvalue weighted by molar-refractivity contribution is -0.117. The van der Waals surface area contributed by atoms with Gasteiger partial charge in [0.15, 0.2) is 0 Å². The molecule has 2 N–H and O–H groups in total. The highest BCUT2D eigenvalue weighted by atomic mass is 19.1. The van der Waals surface area contributed by atoms with Gasteiger partial charge in [0.05, 0.1) is 11.4 Å². The smallest absolute Gasteiger partial charge is 0.274 e. The minimum Gasteiger partial charge on any atom is -0.324 e. The van der Waals surface area contributed by atoms with Crippen LogP contribution < -0.4 is 10.6 Å². The van der Waals surface area contributed by atoms with Crippen molar-refractivity contribution >= 4 is 23.2 Å². The molecule has 1 saturated carbocycles. The van der Waals surface area contributed by atoms with Crippen molar-refractivity contribution in [2.45, 2.75) is 13.3 Å². The van der Waals surface area contributed by atoms with Crippen LogP contribution in [0.1, 0.15) is 23.8 Å². The fourth-order valence-corrected chi connectivity index (χ4v) is 2.33. The van der Waals surface area contributed by atoms with Gasteiger partial charge < -0.3 is 10.6 Å². The summed E-state index contributed by atoms with van der Waals surface area (Å²) in [5.41, 5.74) is 0.826. The molecule has 0 unspecified atom stereocenters. The summed E-state index contributed by atoms with van der Waals surface area (Å²) in [5, 5.41) is 5.33. The molecular weight excluding hydrogens is 297 g/mol. The van der Waals surface area contributed by atoms with E-state index in [-0.39, 0.29) is 23.2 Å². The second kappa shape index (κ2) is 6.16. The van der Waals surface area contributed by atoms with E-state index in [1.165, 1.54) is 24.4 Å². The molecule has 1 fully saturated rings. The molecule has 5 nitrogen and oxygen atoms in total. The van der Waals surface area contributed by atoms with Crippen LogP contribution in [0, 0.1) is 17.7 Å². The van der Waals surface area contributed by atoms with Gasteiger partial charge >= 0.3 is 0 Å². The number of nitrogens with zero attached hydrogens (tertiary/aromatic N) is 1. The number of halogens is 1. The monoisotopic (exact) mass is 313 g/mol. The Kier molecular flexibility index (Phi) is 4.06. The largest absolute Gasteiger partial charge is 0.324 e. The highest BCUT2D eigenvalue weighted by Gasteiger charge is 2.39. The molecule has 1 aromatic carbocycles. The second-order valence-corrected chi connectivity index (χ2v) is 5.67. The van der Waals surface area contributed by atoms with E-state index in [9.17, 15) is 14.0 Å². The van der Waals surface area contributed by atoms with E-state index in [0.29, 0.717) is 11.6 Å². The molecule has 1 aliphatic carbocycles. The molecule has 0 saturated heterocycles. The average Bonchev–Trinajstić information content (AvgIpc) is 3.28. The Labute approximate surface area is 132 Å². The van der Waals surface area contributed by atoms with Gasteiger partial charge in [-0.1, -0.05) is 13.0 Å². The van der Waals surface area contributed by atoms with Crippen LogP contribution in [0.25, 0.3) is 0 Å². The first-order valence-corrected chi connectivity index (χ1v) is 7.37. The van der Waals surface area contributed by atoms with E-state index in [0.717, 1.165) is 6.42 Å². The van der Waals surface area contributed by atoms with Gasteiger partial charge in [-0.25, -0.2) is 4.39 Å². The summed E-state index contributed by atoms with van der Waals surface area (Å²) in [6.07, 6.45) is 2.34. The van der Waals surface area contributed by atoms with Crippen molar-refractivity contribution < 1.29 is 14.0 Å². The van der Waals surface area contributed by atoms with Crippen molar-refractivity contribution in [3.05, 3.63) is 54.1 Å². The van der Waals surface area contributed by atoms with Gasteiger partial charge in [0.25, 0.3) is 5.91 Å². The van der Waals surface area contributed by atoms with Crippen molar-refractivity contribution in [2.75, 3.05) is 10.6 Å². The number of pyridine rings is 1. The molecule has 1 aliphatic rings. The lowest BCUT2D eigenvalue weighted by atomic mass is 10.2. The van der Waals surface area contributed by atoms with E-state index in [1.54, 1.807) is 18.2 Å². The standard InChI is InChI=1S/C17H16FN3O2/c1-10-8-12(10)16(22)21-15-9-11(18)5-6-13(15)20-17(23)14-4-2-3-7-19-14/h2-7,9-10,12H,8H2,1H3,(H,20,23)(H,21,22)/t10-,12-/m0/s1. The second-order valence-electron chi connectivity index (χ2n) is 5.67. The maximum Gasteiger partial charge on any atom is 0.274 e. The summed E-state index contributed by atoms with van der Waals surface area (Å²) in [6.45, 7) is 1.99. The lowest BCUT2D eigenvalue weighted by Gasteiger charge is -2.12. The van der Waals surface area contributed by atoms with Gasteiger partial charge in [-0.15, -0.1) is 0 Å². The average molecular weight is 313 g/mol. The maximum atomic E-state index is 13.5. The summed E-state index contributed by atoms with van der Waals surface area (Å²) in [5.74, 6) is -0.767. The Hall–Kier alpha value is -2.76. The number of amides is 2. The number of aromatic nitrogens is 1. The fraction of sp³-hybridized carbons (Fsp3) is 0.235. The Morgan fingerprint density at radius 2 is 1.96 bits per heavy atom. The highest BCUT2D eigenvalue weighted by Crippen LogP contribution is 2.39. The molecule has 0 aliphatic heterocycles. The quantitative estimate of drug-likeness (QED) is 0.911. The summed E-state index contributed by atoms with van der Waals surface area (Å²) >= 11 is 0. The van der Waals surface area contributed by atoms with E-state index in [1.807, 2.05) is 6.92 Å². The first-order chi connectivity index (χ1) is 11.0. The van der Waals surface area contributed by atoms with Gasteiger partial charge in [-0.05, 0) is 42.7 Å². The first kappa shape index (κ1) is 15.1. The van der Waals surface area contributed by atoms with Crippen LogP contribution in [-0.4, -0.2) is 16.8 Å². The zero-order chi connectivity index (χ0) is 16.4.